The van der Waals surface area contributed by atoms with Crippen LogP contribution in [0.25, 0.3) is 0 Å². The van der Waals surface area contributed by atoms with Gasteiger partial charge in [0.05, 0.1) is 23.9 Å². The number of benzene rings is 1. The molecule has 10 nitrogen and oxygen atoms in total. The number of pyridine rings is 1. The Balaban J connectivity index is 1.32. The van der Waals surface area contributed by atoms with Gasteiger partial charge >= 0.3 is 0 Å². The molecule has 4 heterocycles. The van der Waals surface area contributed by atoms with Crippen molar-refractivity contribution < 1.29 is 9.59 Å². The van der Waals surface area contributed by atoms with Gasteiger partial charge in [-0.1, -0.05) is 36.4 Å². The van der Waals surface area contributed by atoms with Crippen LogP contribution in [0.4, 0.5) is 5.82 Å². The molecule has 0 spiro atoms. The highest BCUT2D eigenvalue weighted by atomic mass is 16.2. The molecule has 0 saturated carbocycles. The number of carbonyl (C=O) groups excluding carboxylic acids is 2. The maximum Gasteiger partial charge on any atom is 0.266 e. The van der Waals surface area contributed by atoms with Crippen LogP contribution in [0.5, 0.6) is 0 Å². The Morgan fingerprint density at radius 2 is 1.78 bits per heavy atom. The third-order valence-electron chi connectivity index (χ3n) is 6.48. The maximum atomic E-state index is 13.0. The van der Waals surface area contributed by atoms with Crippen LogP contribution in [0.15, 0.2) is 78.4 Å². The molecule has 10 heteroatoms. The number of rotatable bonds is 6. The number of nitrogens with one attached hydrogen (secondary N) is 2. The standard InChI is InChI=1S/C26H26N8O2/c27-23(18-5-2-1-3-6-18)22-24(19-7-4-8-28-15-19)32-26(36)25(22)31-17-21(35)34-13-11-33(12-14-34)20-16-29-9-10-30-20/h1-10,15-16,22,24,27H,11-14,17H2,(H,32,36). The van der Waals surface area contributed by atoms with E-state index in [4.69, 9.17) is 5.41 Å². The predicted molar refractivity (Wildman–Crippen MR) is 135 cm³/mol. The minimum Gasteiger partial charge on any atom is -0.352 e. The molecule has 2 unspecified atom stereocenters. The molecule has 2 atom stereocenters. The van der Waals surface area contributed by atoms with Crippen LogP contribution in [0.1, 0.15) is 17.2 Å². The highest BCUT2D eigenvalue weighted by Gasteiger charge is 2.43. The van der Waals surface area contributed by atoms with Gasteiger partial charge in [-0.15, -0.1) is 0 Å². The topological polar surface area (TPSA) is 128 Å². The third-order valence-corrected chi connectivity index (χ3v) is 6.48. The van der Waals surface area contributed by atoms with Crippen molar-refractivity contribution in [2.75, 3.05) is 37.6 Å². The molecule has 2 aliphatic rings. The van der Waals surface area contributed by atoms with E-state index in [2.05, 4.69) is 30.2 Å². The molecule has 36 heavy (non-hydrogen) atoms. The summed E-state index contributed by atoms with van der Waals surface area (Å²) in [6, 6.07) is 12.4. The lowest BCUT2D eigenvalue weighted by molar-refractivity contribution is -0.129. The lowest BCUT2D eigenvalue weighted by Crippen LogP contribution is -2.49. The first kappa shape index (κ1) is 23.3. The van der Waals surface area contributed by atoms with Gasteiger partial charge in [0.1, 0.15) is 18.1 Å². The molecule has 182 valence electrons. The van der Waals surface area contributed by atoms with Gasteiger partial charge in [-0.25, -0.2) is 4.98 Å². The first-order chi connectivity index (χ1) is 17.6. The van der Waals surface area contributed by atoms with E-state index in [1.165, 1.54) is 0 Å². The van der Waals surface area contributed by atoms with Crippen molar-refractivity contribution >= 4 is 29.1 Å². The minimum atomic E-state index is -0.634. The van der Waals surface area contributed by atoms with Gasteiger partial charge in [0, 0.05) is 51.0 Å². The minimum absolute atomic E-state index is 0.147. The first-order valence-electron chi connectivity index (χ1n) is 11.8. The van der Waals surface area contributed by atoms with Crippen LogP contribution in [-0.2, 0) is 9.59 Å². The lowest BCUT2D eigenvalue weighted by atomic mass is 9.86. The molecular weight excluding hydrogens is 456 g/mol. The number of amides is 2. The molecule has 2 amide bonds. The monoisotopic (exact) mass is 482 g/mol. The number of nitrogens with zero attached hydrogens (tertiary/aromatic N) is 6. The number of hydrogen-bond acceptors (Lipinski definition) is 8. The van der Waals surface area contributed by atoms with Crippen molar-refractivity contribution in [2.45, 2.75) is 6.04 Å². The molecule has 2 aromatic heterocycles. The molecule has 0 aliphatic carbocycles. The van der Waals surface area contributed by atoms with Crippen molar-refractivity contribution in [3.05, 3.63) is 84.6 Å². The normalized spacial score (nSPS) is 20.9. The van der Waals surface area contributed by atoms with Crippen molar-refractivity contribution in [1.82, 2.24) is 25.2 Å². The van der Waals surface area contributed by atoms with Crippen LogP contribution in [0.3, 0.4) is 0 Å². The fourth-order valence-corrected chi connectivity index (χ4v) is 4.60. The summed E-state index contributed by atoms with van der Waals surface area (Å²) in [5, 5.41) is 11.9. The summed E-state index contributed by atoms with van der Waals surface area (Å²) >= 11 is 0. The van der Waals surface area contributed by atoms with Crippen LogP contribution < -0.4 is 10.2 Å². The molecule has 1 aromatic carbocycles. The van der Waals surface area contributed by atoms with Gasteiger partial charge in [-0.05, 0) is 17.2 Å². The molecule has 0 radical (unpaired) electrons. The number of carbonyl (C=O) groups is 2. The fraction of sp³-hybridized carbons (Fsp3) is 0.269. The Labute approximate surface area is 208 Å². The second kappa shape index (κ2) is 10.4. The fourth-order valence-electron chi connectivity index (χ4n) is 4.60. The summed E-state index contributed by atoms with van der Waals surface area (Å²) in [4.78, 5) is 46.9. The van der Waals surface area contributed by atoms with Crippen molar-refractivity contribution in [1.29, 1.82) is 5.41 Å². The second-order valence-electron chi connectivity index (χ2n) is 8.63. The van der Waals surface area contributed by atoms with Crippen LogP contribution in [0, 0.1) is 11.3 Å². The van der Waals surface area contributed by atoms with Crippen molar-refractivity contribution in [3.63, 3.8) is 0 Å². The van der Waals surface area contributed by atoms with E-state index >= 15 is 0 Å². The summed E-state index contributed by atoms with van der Waals surface area (Å²) in [5.41, 5.74) is 1.95. The average molecular weight is 483 g/mol. The van der Waals surface area contributed by atoms with E-state index in [0.717, 1.165) is 11.4 Å². The van der Waals surface area contributed by atoms with Gasteiger partial charge in [0.15, 0.2) is 0 Å². The zero-order chi connectivity index (χ0) is 24.9. The van der Waals surface area contributed by atoms with Crippen LogP contribution in [-0.4, -0.2) is 75.8 Å². The van der Waals surface area contributed by atoms with E-state index in [0.29, 0.717) is 31.7 Å². The Kier molecular flexibility index (Phi) is 6.74. The van der Waals surface area contributed by atoms with Gasteiger partial charge < -0.3 is 20.5 Å². The number of anilines is 1. The quantitative estimate of drug-likeness (QED) is 0.513. The average Bonchev–Trinajstić information content (AvgIpc) is 3.28. The molecule has 2 aliphatic heterocycles. The van der Waals surface area contributed by atoms with Crippen molar-refractivity contribution in [2.24, 2.45) is 10.9 Å². The zero-order valence-corrected chi connectivity index (χ0v) is 19.6. The van der Waals surface area contributed by atoms with E-state index in [1.54, 1.807) is 42.0 Å². The molecule has 2 saturated heterocycles. The maximum absolute atomic E-state index is 13.0. The van der Waals surface area contributed by atoms with Crippen LogP contribution in [0.2, 0.25) is 0 Å². The summed E-state index contributed by atoms with van der Waals surface area (Å²) in [7, 11) is 0. The highest BCUT2D eigenvalue weighted by Crippen LogP contribution is 2.31. The van der Waals surface area contributed by atoms with E-state index < -0.39 is 12.0 Å². The highest BCUT2D eigenvalue weighted by molar-refractivity contribution is 6.46. The number of aromatic nitrogens is 3. The summed E-state index contributed by atoms with van der Waals surface area (Å²) in [6.07, 6.45) is 8.34. The molecular formula is C26H26N8O2. The largest absolute Gasteiger partial charge is 0.352 e. The molecule has 5 rings (SSSR count). The van der Waals surface area contributed by atoms with Gasteiger partial charge in [0.25, 0.3) is 5.91 Å². The van der Waals surface area contributed by atoms with Crippen LogP contribution >= 0.6 is 0 Å². The van der Waals surface area contributed by atoms with Gasteiger partial charge in [-0.2, -0.15) is 0 Å². The summed E-state index contributed by atoms with van der Waals surface area (Å²) < 4.78 is 0. The Hall–Kier alpha value is -4.47. The molecule has 0 bridgehead atoms. The van der Waals surface area contributed by atoms with Crippen molar-refractivity contribution in [3.8, 4) is 0 Å². The number of aliphatic imine (C=N–C) groups is 1. The molecule has 2 fully saturated rings. The van der Waals surface area contributed by atoms with E-state index in [9.17, 15) is 9.59 Å². The van der Waals surface area contributed by atoms with E-state index in [-0.39, 0.29) is 29.8 Å². The third kappa shape index (κ3) is 4.83. The second-order valence-corrected chi connectivity index (χ2v) is 8.63. The lowest BCUT2D eigenvalue weighted by Gasteiger charge is -2.35. The molecule has 2 N–H and O–H groups in total. The van der Waals surface area contributed by atoms with Gasteiger partial charge in [-0.3, -0.25) is 24.5 Å². The SMILES string of the molecule is N=C(c1ccccc1)C1C(=NCC(=O)N2CCN(c3cnccn3)CC2)C(=O)NC1c1cccnc1. The number of piperazine rings is 1. The Morgan fingerprint density at radius 3 is 2.47 bits per heavy atom. The smallest absolute Gasteiger partial charge is 0.266 e. The Morgan fingerprint density at radius 1 is 1.00 bits per heavy atom. The van der Waals surface area contributed by atoms with Gasteiger partial charge in [0.2, 0.25) is 5.91 Å². The van der Waals surface area contributed by atoms with E-state index in [1.807, 2.05) is 36.4 Å². The summed E-state index contributed by atoms with van der Waals surface area (Å²) in [5.74, 6) is -0.361. The molecule has 3 aromatic rings. The zero-order valence-electron chi connectivity index (χ0n) is 19.6. The number of hydrogen-bond donors (Lipinski definition) is 2. The summed E-state index contributed by atoms with van der Waals surface area (Å²) in [6.45, 7) is 2.21. The Bertz CT molecular complexity index is 1260. The predicted octanol–water partition coefficient (Wildman–Crippen LogP) is 1.52. The first-order valence-corrected chi connectivity index (χ1v) is 11.8.